The minimum absolute atomic E-state index is 0.355. The molecule has 0 saturated heterocycles. The molecule has 1 aromatic heterocycles. The molecular formula is C17H23N3O3S. The van der Waals surface area contributed by atoms with Crippen molar-refractivity contribution >= 4 is 9.84 Å². The highest BCUT2D eigenvalue weighted by Crippen LogP contribution is 2.36. The lowest BCUT2D eigenvalue weighted by Crippen LogP contribution is -2.44. The van der Waals surface area contributed by atoms with Crippen molar-refractivity contribution in [1.29, 1.82) is 0 Å². The molecule has 1 saturated carbocycles. The zero-order chi connectivity index (χ0) is 17.2. The van der Waals surface area contributed by atoms with Crippen LogP contribution in [0.3, 0.4) is 0 Å². The predicted octanol–water partition coefficient (Wildman–Crippen LogP) is 2.70. The molecule has 3 rings (SSSR count). The van der Waals surface area contributed by atoms with Crippen LogP contribution in [0.2, 0.25) is 0 Å². The fourth-order valence-corrected chi connectivity index (χ4v) is 4.89. The largest absolute Gasteiger partial charge is 0.496 e. The number of rotatable bonds is 5. The lowest BCUT2D eigenvalue weighted by atomic mass is 9.88. The van der Waals surface area contributed by atoms with Gasteiger partial charge in [0.1, 0.15) is 11.4 Å². The number of para-hydroxylation sites is 1. The lowest BCUT2D eigenvalue weighted by molar-refractivity contribution is 0.324. The second kappa shape index (κ2) is 6.55. The van der Waals surface area contributed by atoms with Gasteiger partial charge in [-0.25, -0.2) is 8.42 Å². The average Bonchev–Trinajstić information content (AvgIpc) is 3.03. The van der Waals surface area contributed by atoms with Crippen molar-refractivity contribution in [3.63, 3.8) is 0 Å². The van der Waals surface area contributed by atoms with Crippen molar-refractivity contribution in [2.45, 2.75) is 43.4 Å². The van der Waals surface area contributed by atoms with Crippen LogP contribution in [0.4, 0.5) is 0 Å². The van der Waals surface area contributed by atoms with Gasteiger partial charge in [0, 0.05) is 11.8 Å². The molecule has 0 spiro atoms. The summed E-state index contributed by atoms with van der Waals surface area (Å²) >= 11 is 0. The van der Waals surface area contributed by atoms with E-state index in [4.69, 9.17) is 4.74 Å². The van der Waals surface area contributed by atoms with Gasteiger partial charge >= 0.3 is 0 Å². The van der Waals surface area contributed by atoms with E-state index in [1.165, 1.54) is 6.26 Å². The summed E-state index contributed by atoms with van der Waals surface area (Å²) in [6.45, 7) is 0.355. The molecule has 1 aliphatic carbocycles. The van der Waals surface area contributed by atoms with Gasteiger partial charge in [0.15, 0.2) is 9.84 Å². The van der Waals surface area contributed by atoms with E-state index in [1.807, 2.05) is 24.3 Å². The molecule has 0 bridgehead atoms. The molecule has 0 amide bonds. The molecule has 0 N–H and O–H groups in total. The van der Waals surface area contributed by atoms with Crippen molar-refractivity contribution in [2.75, 3.05) is 13.4 Å². The molecule has 1 heterocycles. The number of hydrogen-bond donors (Lipinski definition) is 0. The summed E-state index contributed by atoms with van der Waals surface area (Å²) < 4.78 is 31.1. The average molecular weight is 349 g/mol. The van der Waals surface area contributed by atoms with Crippen LogP contribution in [0, 0.1) is 0 Å². The third kappa shape index (κ3) is 3.17. The van der Waals surface area contributed by atoms with Crippen LogP contribution in [0.5, 0.6) is 5.75 Å². The summed E-state index contributed by atoms with van der Waals surface area (Å²) in [5.74, 6) is 0.722. The molecule has 130 valence electrons. The number of methoxy groups -OCH3 is 1. The highest BCUT2D eigenvalue weighted by Gasteiger charge is 2.42. The first-order chi connectivity index (χ1) is 11.5. The van der Waals surface area contributed by atoms with E-state index in [0.717, 1.165) is 30.6 Å². The van der Waals surface area contributed by atoms with Crippen molar-refractivity contribution in [3.05, 3.63) is 30.5 Å². The smallest absolute Gasteiger partial charge is 0.154 e. The van der Waals surface area contributed by atoms with Crippen LogP contribution in [0.15, 0.2) is 30.5 Å². The van der Waals surface area contributed by atoms with Crippen LogP contribution in [0.1, 0.15) is 32.1 Å². The van der Waals surface area contributed by atoms with E-state index in [2.05, 4.69) is 10.3 Å². The van der Waals surface area contributed by atoms with Gasteiger partial charge in [-0.1, -0.05) is 36.6 Å². The predicted molar refractivity (Wildman–Crippen MR) is 92.7 cm³/mol. The number of hydrogen-bond acceptors (Lipinski definition) is 5. The minimum atomic E-state index is -3.17. The van der Waals surface area contributed by atoms with Gasteiger partial charge in [0.05, 0.1) is 24.6 Å². The number of nitrogens with zero attached hydrogens (tertiary/aromatic N) is 3. The van der Waals surface area contributed by atoms with Gasteiger partial charge in [-0.15, -0.1) is 5.10 Å². The van der Waals surface area contributed by atoms with E-state index >= 15 is 0 Å². The Morgan fingerprint density at radius 2 is 1.92 bits per heavy atom. The van der Waals surface area contributed by atoms with Gasteiger partial charge in [-0.2, -0.15) is 0 Å². The fourth-order valence-electron chi connectivity index (χ4n) is 3.49. The van der Waals surface area contributed by atoms with Crippen molar-refractivity contribution in [2.24, 2.45) is 0 Å². The summed E-state index contributed by atoms with van der Waals surface area (Å²) in [6.07, 6.45) is 7.52. The molecule has 1 aromatic carbocycles. The van der Waals surface area contributed by atoms with E-state index in [9.17, 15) is 8.42 Å². The van der Waals surface area contributed by atoms with Gasteiger partial charge < -0.3 is 4.74 Å². The molecule has 6 nitrogen and oxygen atoms in total. The standard InChI is InChI=1S/C17H23N3O3S/c1-23-16-9-5-4-8-14(16)15-12-20(19-18-15)13-17(24(2,21)22)10-6-3-7-11-17/h4-5,8-9,12H,3,6-7,10-11,13H2,1-2H3. The van der Waals surface area contributed by atoms with Crippen LogP contribution < -0.4 is 4.74 Å². The number of aromatic nitrogens is 3. The third-order valence-corrected chi connectivity index (χ3v) is 7.03. The maximum absolute atomic E-state index is 12.4. The number of sulfone groups is 1. The van der Waals surface area contributed by atoms with Gasteiger partial charge in [-0.05, 0) is 25.0 Å². The Morgan fingerprint density at radius 3 is 2.58 bits per heavy atom. The molecule has 0 aliphatic heterocycles. The first-order valence-electron chi connectivity index (χ1n) is 8.18. The highest BCUT2D eigenvalue weighted by atomic mass is 32.2. The first-order valence-corrected chi connectivity index (χ1v) is 10.1. The fraction of sp³-hybridized carbons (Fsp3) is 0.529. The van der Waals surface area contributed by atoms with Crippen molar-refractivity contribution in [1.82, 2.24) is 15.0 Å². The normalized spacial score (nSPS) is 17.6. The molecule has 2 aromatic rings. The minimum Gasteiger partial charge on any atom is -0.496 e. The maximum atomic E-state index is 12.4. The SMILES string of the molecule is COc1ccccc1-c1cn(CC2(S(C)(=O)=O)CCCCC2)nn1. The van der Waals surface area contributed by atoms with Crippen molar-refractivity contribution < 1.29 is 13.2 Å². The Hall–Kier alpha value is -1.89. The number of ether oxygens (including phenoxy) is 1. The summed E-state index contributed by atoms with van der Waals surface area (Å²) in [5, 5.41) is 8.38. The Bertz CT molecular complexity index is 808. The maximum Gasteiger partial charge on any atom is 0.154 e. The molecule has 0 radical (unpaired) electrons. The Morgan fingerprint density at radius 1 is 1.21 bits per heavy atom. The zero-order valence-electron chi connectivity index (χ0n) is 14.1. The Balaban J connectivity index is 1.90. The highest BCUT2D eigenvalue weighted by molar-refractivity contribution is 7.92. The van der Waals surface area contributed by atoms with Crippen LogP contribution in [-0.4, -0.2) is 41.5 Å². The summed E-state index contributed by atoms with van der Waals surface area (Å²) in [6, 6.07) is 7.59. The summed E-state index contributed by atoms with van der Waals surface area (Å²) in [7, 11) is -1.55. The van der Waals surface area contributed by atoms with E-state index in [1.54, 1.807) is 18.0 Å². The van der Waals surface area contributed by atoms with Crippen LogP contribution in [-0.2, 0) is 16.4 Å². The molecule has 1 fully saturated rings. The van der Waals surface area contributed by atoms with Gasteiger partial charge in [0.25, 0.3) is 0 Å². The lowest BCUT2D eigenvalue weighted by Gasteiger charge is -2.35. The Kier molecular flexibility index (Phi) is 4.62. The summed E-state index contributed by atoms with van der Waals surface area (Å²) in [5.41, 5.74) is 1.54. The van der Waals surface area contributed by atoms with E-state index in [0.29, 0.717) is 25.1 Å². The molecule has 0 atom stereocenters. The zero-order valence-corrected chi connectivity index (χ0v) is 14.9. The second-order valence-corrected chi connectivity index (χ2v) is 8.93. The van der Waals surface area contributed by atoms with Gasteiger partial charge in [0.2, 0.25) is 0 Å². The second-order valence-electron chi connectivity index (χ2n) is 6.52. The van der Waals surface area contributed by atoms with Crippen molar-refractivity contribution in [3.8, 4) is 17.0 Å². The Labute approximate surface area is 142 Å². The van der Waals surface area contributed by atoms with E-state index in [-0.39, 0.29) is 0 Å². The molecule has 24 heavy (non-hydrogen) atoms. The van der Waals surface area contributed by atoms with Crippen LogP contribution in [0.25, 0.3) is 11.3 Å². The quantitative estimate of drug-likeness (QED) is 0.830. The van der Waals surface area contributed by atoms with Gasteiger partial charge in [-0.3, -0.25) is 4.68 Å². The van der Waals surface area contributed by atoms with E-state index < -0.39 is 14.6 Å². The summed E-state index contributed by atoms with van der Waals surface area (Å²) in [4.78, 5) is 0. The monoisotopic (exact) mass is 349 g/mol. The number of benzene rings is 1. The van der Waals surface area contributed by atoms with Crippen LogP contribution >= 0.6 is 0 Å². The topological polar surface area (TPSA) is 74.1 Å². The first kappa shape index (κ1) is 17.0. The third-order valence-electron chi connectivity index (χ3n) is 4.92. The molecule has 7 heteroatoms. The molecular weight excluding hydrogens is 326 g/mol. The molecule has 1 aliphatic rings. The molecule has 0 unspecified atom stereocenters.